The van der Waals surface area contributed by atoms with Gasteiger partial charge in [0, 0.05) is 0 Å². The van der Waals surface area contributed by atoms with E-state index in [4.69, 9.17) is 5.26 Å². The summed E-state index contributed by atoms with van der Waals surface area (Å²) in [6.45, 7) is 5.20. The van der Waals surface area contributed by atoms with Gasteiger partial charge in [-0.1, -0.05) is 20.8 Å². The second-order valence-electron chi connectivity index (χ2n) is 3.64. The standard InChI is InChI=1S/C8H14N2O2/c1-8(2,3)6(11)7(12)10-5-4-9/h6,11H,5H2,1-3H3,(H,10,12). The van der Waals surface area contributed by atoms with Gasteiger partial charge in [0.1, 0.15) is 12.6 Å². The zero-order valence-corrected chi connectivity index (χ0v) is 7.59. The average molecular weight is 170 g/mol. The van der Waals surface area contributed by atoms with Gasteiger partial charge in [0.2, 0.25) is 5.91 Å². The Labute approximate surface area is 72.2 Å². The molecule has 0 bridgehead atoms. The monoisotopic (exact) mass is 170 g/mol. The lowest BCUT2D eigenvalue weighted by atomic mass is 9.89. The molecule has 0 radical (unpaired) electrons. The zero-order chi connectivity index (χ0) is 9.78. The highest BCUT2D eigenvalue weighted by Crippen LogP contribution is 2.18. The Kier molecular flexibility index (Phi) is 3.71. The molecule has 0 saturated heterocycles. The third-order valence-corrected chi connectivity index (χ3v) is 1.41. The number of hydrogen-bond donors (Lipinski definition) is 2. The lowest BCUT2D eigenvalue weighted by molar-refractivity contribution is -0.134. The molecule has 1 atom stereocenters. The zero-order valence-electron chi connectivity index (χ0n) is 7.59. The van der Waals surface area contributed by atoms with Gasteiger partial charge in [0.25, 0.3) is 0 Å². The van der Waals surface area contributed by atoms with Crippen LogP contribution in [-0.4, -0.2) is 23.7 Å². The summed E-state index contributed by atoms with van der Waals surface area (Å²) in [6, 6.07) is 1.76. The van der Waals surface area contributed by atoms with Crippen LogP contribution in [0.15, 0.2) is 0 Å². The van der Waals surface area contributed by atoms with E-state index >= 15 is 0 Å². The lowest BCUT2D eigenvalue weighted by Gasteiger charge is -2.24. The summed E-state index contributed by atoms with van der Waals surface area (Å²) in [5, 5.41) is 19.8. The van der Waals surface area contributed by atoms with Gasteiger partial charge in [-0.3, -0.25) is 4.79 Å². The van der Waals surface area contributed by atoms with Crippen molar-refractivity contribution in [2.24, 2.45) is 5.41 Å². The molecule has 0 rings (SSSR count). The van der Waals surface area contributed by atoms with E-state index in [1.807, 2.05) is 0 Å². The van der Waals surface area contributed by atoms with E-state index in [2.05, 4.69) is 5.32 Å². The maximum Gasteiger partial charge on any atom is 0.250 e. The number of hydrogen-bond acceptors (Lipinski definition) is 3. The molecule has 0 aromatic rings. The van der Waals surface area contributed by atoms with Gasteiger partial charge in [0.05, 0.1) is 6.07 Å². The molecule has 0 fully saturated rings. The SMILES string of the molecule is CC(C)(C)C(O)C(=O)NCC#N. The molecule has 68 valence electrons. The molecule has 0 aromatic carbocycles. The first-order chi connectivity index (χ1) is 5.39. The molecule has 4 heteroatoms. The van der Waals surface area contributed by atoms with Crippen LogP contribution >= 0.6 is 0 Å². The molecule has 0 aliphatic heterocycles. The maximum absolute atomic E-state index is 11.0. The summed E-state index contributed by atoms with van der Waals surface area (Å²) in [7, 11) is 0. The Balaban J connectivity index is 4.04. The number of nitrogens with one attached hydrogen (secondary N) is 1. The summed E-state index contributed by atoms with van der Waals surface area (Å²) in [4.78, 5) is 11.0. The van der Waals surface area contributed by atoms with Gasteiger partial charge in [-0.15, -0.1) is 0 Å². The highest BCUT2D eigenvalue weighted by molar-refractivity contribution is 5.81. The third-order valence-electron chi connectivity index (χ3n) is 1.41. The van der Waals surface area contributed by atoms with Crippen LogP contribution in [0.4, 0.5) is 0 Å². The van der Waals surface area contributed by atoms with E-state index in [9.17, 15) is 9.90 Å². The fraction of sp³-hybridized carbons (Fsp3) is 0.750. The molecule has 0 spiro atoms. The number of aliphatic hydroxyl groups is 1. The number of nitrogens with zero attached hydrogens (tertiary/aromatic N) is 1. The molecule has 1 unspecified atom stereocenters. The highest BCUT2D eigenvalue weighted by Gasteiger charge is 2.28. The molecular formula is C8H14N2O2. The van der Waals surface area contributed by atoms with E-state index in [-0.39, 0.29) is 6.54 Å². The van der Waals surface area contributed by atoms with Crippen molar-refractivity contribution >= 4 is 5.91 Å². The Bertz CT molecular complexity index is 200. The Morgan fingerprint density at radius 2 is 2.17 bits per heavy atom. The number of rotatable bonds is 2. The molecular weight excluding hydrogens is 156 g/mol. The van der Waals surface area contributed by atoms with E-state index in [0.29, 0.717) is 0 Å². The Morgan fingerprint density at radius 1 is 1.67 bits per heavy atom. The van der Waals surface area contributed by atoms with Crippen LogP contribution in [0.25, 0.3) is 0 Å². The predicted octanol–water partition coefficient (Wildman–Crippen LogP) is 0.0332. The van der Waals surface area contributed by atoms with E-state index in [1.54, 1.807) is 26.8 Å². The lowest BCUT2D eigenvalue weighted by Crippen LogP contribution is -2.42. The largest absolute Gasteiger partial charge is 0.383 e. The number of carbonyl (C=O) groups excluding carboxylic acids is 1. The molecule has 0 aliphatic carbocycles. The first-order valence-electron chi connectivity index (χ1n) is 3.72. The molecule has 2 N–H and O–H groups in total. The van der Waals surface area contributed by atoms with Crippen LogP contribution in [0.3, 0.4) is 0 Å². The first kappa shape index (κ1) is 10.9. The summed E-state index contributed by atoms with van der Waals surface area (Å²) >= 11 is 0. The summed E-state index contributed by atoms with van der Waals surface area (Å²) in [6.07, 6.45) is -1.06. The van der Waals surface area contributed by atoms with Gasteiger partial charge in [0.15, 0.2) is 0 Å². The second kappa shape index (κ2) is 4.07. The first-order valence-corrected chi connectivity index (χ1v) is 3.72. The topological polar surface area (TPSA) is 73.1 Å². The quantitative estimate of drug-likeness (QED) is 0.574. The van der Waals surface area contributed by atoms with Crippen LogP contribution in [-0.2, 0) is 4.79 Å². The van der Waals surface area contributed by atoms with Gasteiger partial charge < -0.3 is 10.4 Å². The summed E-state index contributed by atoms with van der Waals surface area (Å²) < 4.78 is 0. The van der Waals surface area contributed by atoms with Crippen molar-refractivity contribution in [3.63, 3.8) is 0 Å². The molecule has 0 heterocycles. The fourth-order valence-electron chi connectivity index (χ4n) is 0.617. The normalized spacial score (nSPS) is 13.2. The van der Waals surface area contributed by atoms with Crippen molar-refractivity contribution in [2.45, 2.75) is 26.9 Å². The van der Waals surface area contributed by atoms with Crippen molar-refractivity contribution in [1.29, 1.82) is 5.26 Å². The highest BCUT2D eigenvalue weighted by atomic mass is 16.3. The average Bonchev–Trinajstić information content (AvgIpc) is 1.97. The molecule has 0 aliphatic rings. The minimum Gasteiger partial charge on any atom is -0.383 e. The maximum atomic E-state index is 11.0. The van der Waals surface area contributed by atoms with Crippen molar-refractivity contribution in [1.82, 2.24) is 5.32 Å². The fourth-order valence-corrected chi connectivity index (χ4v) is 0.617. The second-order valence-corrected chi connectivity index (χ2v) is 3.64. The van der Waals surface area contributed by atoms with Crippen LogP contribution < -0.4 is 5.32 Å². The Morgan fingerprint density at radius 3 is 2.50 bits per heavy atom. The van der Waals surface area contributed by atoms with Crippen LogP contribution in [0.5, 0.6) is 0 Å². The van der Waals surface area contributed by atoms with Crippen molar-refractivity contribution in [2.75, 3.05) is 6.54 Å². The van der Waals surface area contributed by atoms with Gasteiger partial charge in [-0.05, 0) is 5.41 Å². The third kappa shape index (κ3) is 3.35. The van der Waals surface area contributed by atoms with Crippen LogP contribution in [0, 0.1) is 16.7 Å². The number of aliphatic hydroxyl groups excluding tert-OH is 1. The smallest absolute Gasteiger partial charge is 0.250 e. The van der Waals surface area contributed by atoms with E-state index in [0.717, 1.165) is 0 Å². The van der Waals surface area contributed by atoms with Gasteiger partial charge in [-0.2, -0.15) is 5.26 Å². The number of amides is 1. The van der Waals surface area contributed by atoms with Crippen molar-refractivity contribution < 1.29 is 9.90 Å². The van der Waals surface area contributed by atoms with Crippen molar-refractivity contribution in [3.05, 3.63) is 0 Å². The van der Waals surface area contributed by atoms with Crippen molar-refractivity contribution in [3.8, 4) is 6.07 Å². The van der Waals surface area contributed by atoms with Crippen LogP contribution in [0.1, 0.15) is 20.8 Å². The van der Waals surface area contributed by atoms with Gasteiger partial charge >= 0.3 is 0 Å². The molecule has 1 amide bonds. The minimum absolute atomic E-state index is 0.0635. The molecule has 0 saturated carbocycles. The van der Waals surface area contributed by atoms with E-state index in [1.165, 1.54) is 0 Å². The van der Waals surface area contributed by atoms with E-state index < -0.39 is 17.4 Å². The number of nitriles is 1. The minimum atomic E-state index is -1.06. The molecule has 0 aromatic heterocycles. The Hall–Kier alpha value is -1.08. The predicted molar refractivity (Wildman–Crippen MR) is 44.1 cm³/mol. The molecule has 12 heavy (non-hydrogen) atoms. The number of carbonyl (C=O) groups is 1. The molecule has 4 nitrogen and oxygen atoms in total. The summed E-state index contributed by atoms with van der Waals surface area (Å²) in [5.74, 6) is -0.496. The van der Waals surface area contributed by atoms with Gasteiger partial charge in [-0.25, -0.2) is 0 Å². The summed E-state index contributed by atoms with van der Waals surface area (Å²) in [5.41, 5.74) is -0.487. The van der Waals surface area contributed by atoms with Crippen LogP contribution in [0.2, 0.25) is 0 Å².